The van der Waals surface area contributed by atoms with Crippen molar-refractivity contribution in [2.24, 2.45) is 5.92 Å². The Morgan fingerprint density at radius 1 is 1.37 bits per heavy atom. The van der Waals surface area contributed by atoms with E-state index in [1.165, 1.54) is 0 Å². The van der Waals surface area contributed by atoms with E-state index in [0.717, 1.165) is 4.47 Å². The average Bonchev–Trinajstić information content (AvgIpc) is 2.94. The van der Waals surface area contributed by atoms with Crippen molar-refractivity contribution in [1.82, 2.24) is 10.3 Å². The van der Waals surface area contributed by atoms with Crippen LogP contribution in [-0.4, -0.2) is 22.6 Å². The first kappa shape index (κ1) is 20.0. The molecule has 1 fully saturated rings. The number of carbonyl (C=O) groups excluding carboxylic acids is 1. The maximum absolute atomic E-state index is 13.6. The molecule has 5 nitrogen and oxygen atoms in total. The van der Waals surface area contributed by atoms with Gasteiger partial charge in [0.25, 0.3) is 0 Å². The topological polar surface area (TPSA) is 64.4 Å². The van der Waals surface area contributed by atoms with Crippen LogP contribution in [0.1, 0.15) is 58.4 Å². The summed E-state index contributed by atoms with van der Waals surface area (Å²) in [6.45, 7) is 5.29. The molecule has 1 aliphatic carbocycles. The molecule has 3 rings (SSSR count). The predicted molar refractivity (Wildman–Crippen MR) is 101 cm³/mol. The quantitative estimate of drug-likeness (QED) is 0.631. The van der Waals surface area contributed by atoms with E-state index < -0.39 is 23.7 Å². The first-order valence-electron chi connectivity index (χ1n) is 8.96. The van der Waals surface area contributed by atoms with Gasteiger partial charge in [0.05, 0.1) is 0 Å². The fourth-order valence-electron chi connectivity index (χ4n) is 3.26. The zero-order valence-corrected chi connectivity index (χ0v) is 17.1. The number of fused-ring (bicyclic) bond motifs is 1. The molecule has 148 valence electrons. The minimum atomic E-state index is -2.65. The van der Waals surface area contributed by atoms with Gasteiger partial charge in [-0.3, -0.25) is 0 Å². The molecule has 1 aliphatic rings. The second-order valence-corrected chi connectivity index (χ2v) is 8.90. The number of alkyl halides is 2. The van der Waals surface area contributed by atoms with Gasteiger partial charge in [-0.2, -0.15) is 0 Å². The first-order chi connectivity index (χ1) is 12.5. The number of carbonyl (C=O) groups is 1. The number of oxazole rings is 1. The van der Waals surface area contributed by atoms with Crippen LogP contribution in [0.5, 0.6) is 0 Å². The van der Waals surface area contributed by atoms with Gasteiger partial charge >= 0.3 is 6.09 Å². The predicted octanol–water partition coefficient (Wildman–Crippen LogP) is 5.98. The third-order valence-electron chi connectivity index (χ3n) is 4.54. The number of hydrogen-bond acceptors (Lipinski definition) is 4. The van der Waals surface area contributed by atoms with E-state index >= 15 is 0 Å². The molecule has 1 N–H and O–H groups in total. The van der Waals surface area contributed by atoms with E-state index in [-0.39, 0.29) is 31.6 Å². The van der Waals surface area contributed by atoms with Crippen molar-refractivity contribution in [3.05, 3.63) is 28.6 Å². The maximum atomic E-state index is 13.6. The van der Waals surface area contributed by atoms with Crippen molar-refractivity contribution in [1.29, 1.82) is 0 Å². The van der Waals surface area contributed by atoms with Crippen LogP contribution >= 0.6 is 15.9 Å². The van der Waals surface area contributed by atoms with Gasteiger partial charge in [0, 0.05) is 17.3 Å². The normalized spacial score (nSPS) is 19.0. The third-order valence-corrected chi connectivity index (χ3v) is 5.03. The second kappa shape index (κ2) is 7.37. The van der Waals surface area contributed by atoms with E-state index in [0.29, 0.717) is 17.0 Å². The summed E-state index contributed by atoms with van der Waals surface area (Å²) >= 11 is 3.38. The standard InChI is InChI=1S/C19H23BrF2N2O3/c1-18(2,3)27-17(25)24-15(11-6-8-19(21,22)9-7-11)16-23-13-5-4-12(20)10-14(13)26-16/h4-5,10-11,15H,6-9H2,1-3H3,(H,24,25)/t15-/m0/s1. The molecular formula is C19H23BrF2N2O3. The van der Waals surface area contributed by atoms with Crippen LogP contribution in [0.4, 0.5) is 13.6 Å². The molecule has 2 aromatic rings. The second-order valence-electron chi connectivity index (χ2n) is 7.98. The van der Waals surface area contributed by atoms with E-state index in [1.807, 2.05) is 6.07 Å². The summed E-state index contributed by atoms with van der Waals surface area (Å²) in [6.07, 6.45) is -0.495. The number of halogens is 3. The summed E-state index contributed by atoms with van der Waals surface area (Å²) in [5, 5.41) is 2.79. The summed E-state index contributed by atoms with van der Waals surface area (Å²) < 4.78 is 39.2. The van der Waals surface area contributed by atoms with Crippen molar-refractivity contribution >= 4 is 33.1 Å². The van der Waals surface area contributed by atoms with Crippen LogP contribution in [0.15, 0.2) is 27.1 Å². The Morgan fingerprint density at radius 3 is 2.67 bits per heavy atom. The molecule has 1 saturated carbocycles. The van der Waals surface area contributed by atoms with Crippen molar-refractivity contribution < 1.29 is 22.7 Å². The van der Waals surface area contributed by atoms with Crippen LogP contribution in [0, 0.1) is 5.92 Å². The highest BCUT2D eigenvalue weighted by molar-refractivity contribution is 9.10. The van der Waals surface area contributed by atoms with Crippen molar-refractivity contribution in [2.75, 3.05) is 0 Å². The lowest BCUT2D eigenvalue weighted by atomic mass is 9.82. The highest BCUT2D eigenvalue weighted by Gasteiger charge is 2.40. The van der Waals surface area contributed by atoms with Gasteiger partial charge < -0.3 is 14.5 Å². The monoisotopic (exact) mass is 444 g/mol. The number of nitrogens with one attached hydrogen (secondary N) is 1. The number of benzene rings is 1. The number of hydrogen-bond donors (Lipinski definition) is 1. The van der Waals surface area contributed by atoms with Gasteiger partial charge in [-0.05, 0) is 57.7 Å². The minimum Gasteiger partial charge on any atom is -0.444 e. The summed E-state index contributed by atoms with van der Waals surface area (Å²) in [7, 11) is 0. The lowest BCUT2D eigenvalue weighted by molar-refractivity contribution is -0.0509. The molecule has 27 heavy (non-hydrogen) atoms. The number of alkyl carbamates (subject to hydrolysis) is 1. The SMILES string of the molecule is CC(C)(C)OC(=O)N[C@H](c1nc2ccc(Br)cc2o1)C1CCC(F)(F)CC1. The molecule has 1 aromatic heterocycles. The molecule has 0 aliphatic heterocycles. The highest BCUT2D eigenvalue weighted by Crippen LogP contribution is 2.41. The molecule has 1 aromatic carbocycles. The minimum absolute atomic E-state index is 0.200. The third kappa shape index (κ3) is 5.18. The summed E-state index contributed by atoms with van der Waals surface area (Å²) in [4.78, 5) is 16.8. The first-order valence-corrected chi connectivity index (χ1v) is 9.75. The van der Waals surface area contributed by atoms with Crippen LogP contribution in [-0.2, 0) is 4.74 Å². The van der Waals surface area contributed by atoms with Gasteiger partial charge in [-0.15, -0.1) is 0 Å². The molecule has 0 unspecified atom stereocenters. The lowest BCUT2D eigenvalue weighted by Crippen LogP contribution is -2.40. The Kier molecular flexibility index (Phi) is 5.47. The Hall–Kier alpha value is -1.70. The zero-order chi connectivity index (χ0) is 19.8. The highest BCUT2D eigenvalue weighted by atomic mass is 79.9. The molecule has 0 bridgehead atoms. The zero-order valence-electron chi connectivity index (χ0n) is 15.5. The molecule has 1 atom stereocenters. The summed E-state index contributed by atoms with van der Waals surface area (Å²) in [5.41, 5.74) is 0.544. The van der Waals surface area contributed by atoms with Gasteiger partial charge in [0.1, 0.15) is 17.2 Å². The van der Waals surface area contributed by atoms with Crippen LogP contribution in [0.3, 0.4) is 0 Å². The van der Waals surface area contributed by atoms with Crippen LogP contribution < -0.4 is 5.32 Å². The smallest absolute Gasteiger partial charge is 0.408 e. The lowest BCUT2D eigenvalue weighted by Gasteiger charge is -2.33. The summed E-state index contributed by atoms with van der Waals surface area (Å²) in [5.74, 6) is -2.54. The van der Waals surface area contributed by atoms with Gasteiger partial charge in [0.15, 0.2) is 5.58 Å². The van der Waals surface area contributed by atoms with E-state index in [1.54, 1.807) is 32.9 Å². The van der Waals surface area contributed by atoms with Crippen molar-refractivity contribution in [3.8, 4) is 0 Å². The molecular weight excluding hydrogens is 422 g/mol. The Balaban J connectivity index is 1.87. The van der Waals surface area contributed by atoms with E-state index in [9.17, 15) is 13.6 Å². The maximum Gasteiger partial charge on any atom is 0.408 e. The molecule has 0 radical (unpaired) electrons. The van der Waals surface area contributed by atoms with Crippen LogP contribution in [0.25, 0.3) is 11.1 Å². The summed E-state index contributed by atoms with van der Waals surface area (Å²) in [6, 6.07) is 4.80. The number of rotatable bonds is 3. The molecule has 1 amide bonds. The van der Waals surface area contributed by atoms with Gasteiger partial charge in [-0.1, -0.05) is 15.9 Å². The number of amides is 1. The van der Waals surface area contributed by atoms with Gasteiger partial charge in [-0.25, -0.2) is 18.6 Å². The number of ether oxygens (including phenoxy) is 1. The Bertz CT molecular complexity index is 822. The molecule has 8 heteroatoms. The van der Waals surface area contributed by atoms with Crippen molar-refractivity contribution in [2.45, 2.75) is 64.0 Å². The van der Waals surface area contributed by atoms with E-state index in [2.05, 4.69) is 26.2 Å². The van der Waals surface area contributed by atoms with Gasteiger partial charge in [0.2, 0.25) is 11.8 Å². The Labute approximate surface area is 165 Å². The number of aromatic nitrogens is 1. The fourth-order valence-corrected chi connectivity index (χ4v) is 3.60. The van der Waals surface area contributed by atoms with E-state index in [4.69, 9.17) is 9.15 Å². The Morgan fingerprint density at radius 2 is 2.04 bits per heavy atom. The molecule has 1 heterocycles. The largest absolute Gasteiger partial charge is 0.444 e. The number of nitrogens with zero attached hydrogens (tertiary/aromatic N) is 1. The van der Waals surface area contributed by atoms with Crippen molar-refractivity contribution in [3.63, 3.8) is 0 Å². The molecule has 0 saturated heterocycles. The average molecular weight is 445 g/mol. The van der Waals surface area contributed by atoms with Crippen LogP contribution in [0.2, 0.25) is 0 Å². The fraction of sp³-hybridized carbons (Fsp3) is 0.579. The molecule has 0 spiro atoms.